The van der Waals surface area contributed by atoms with Crippen molar-refractivity contribution in [3.63, 3.8) is 0 Å². The van der Waals surface area contributed by atoms with E-state index in [1.807, 2.05) is 0 Å². The third-order valence-corrected chi connectivity index (χ3v) is 6.83. The first kappa shape index (κ1) is 30.0. The maximum Gasteiger partial charge on any atom is 0.334 e. The Morgan fingerprint density at radius 3 is 2.62 bits per heavy atom. The van der Waals surface area contributed by atoms with E-state index in [1.165, 1.54) is 22.0 Å². The molecule has 1 aromatic rings. The molecule has 5 amide bonds. The Bertz CT molecular complexity index is 1020. The van der Waals surface area contributed by atoms with Gasteiger partial charge >= 0.3 is 6.03 Å². The molecular formula is C27H39FN6O5. The number of rotatable bonds is 13. The molecule has 0 unspecified atom stereocenters. The maximum absolute atomic E-state index is 13.5. The van der Waals surface area contributed by atoms with Crippen molar-refractivity contribution in [1.82, 2.24) is 30.5 Å². The largest absolute Gasteiger partial charge is 0.385 e. The van der Waals surface area contributed by atoms with Crippen LogP contribution in [0.4, 0.5) is 9.18 Å². The second kappa shape index (κ2) is 14.6. The Morgan fingerprint density at radius 2 is 1.92 bits per heavy atom. The minimum atomic E-state index is -0.759. The van der Waals surface area contributed by atoms with Gasteiger partial charge in [-0.3, -0.25) is 14.4 Å². The van der Waals surface area contributed by atoms with Crippen LogP contribution in [0.15, 0.2) is 36.9 Å². The number of hydrogen-bond donors (Lipinski definition) is 2. The molecule has 2 aliphatic rings. The number of amides is 5. The first-order valence-corrected chi connectivity index (χ1v) is 13.3. The highest BCUT2D eigenvalue weighted by Crippen LogP contribution is 2.28. The van der Waals surface area contributed by atoms with Crippen LogP contribution in [0.1, 0.15) is 37.7 Å². The number of urea groups is 1. The number of allylic oxidation sites excluding steroid dienone is 1. The molecule has 2 fully saturated rings. The van der Waals surface area contributed by atoms with Crippen molar-refractivity contribution >= 4 is 23.8 Å². The van der Waals surface area contributed by atoms with Gasteiger partial charge in [0, 0.05) is 46.8 Å². The molecule has 39 heavy (non-hydrogen) atoms. The summed E-state index contributed by atoms with van der Waals surface area (Å²) in [6.45, 7) is 5.16. The number of piperazine rings is 1. The molecule has 214 valence electrons. The van der Waals surface area contributed by atoms with Crippen molar-refractivity contribution < 1.29 is 28.3 Å². The zero-order valence-electron chi connectivity index (χ0n) is 22.7. The molecule has 3 rings (SSSR count). The van der Waals surface area contributed by atoms with Gasteiger partial charge in [0.05, 0.1) is 13.1 Å². The Kier molecular flexibility index (Phi) is 11.2. The molecule has 2 aliphatic heterocycles. The first-order valence-electron chi connectivity index (χ1n) is 13.3. The Hall–Kier alpha value is -3.51. The van der Waals surface area contributed by atoms with E-state index in [1.54, 1.807) is 42.3 Å². The number of carbonyl (C=O) groups excluding carboxylic acids is 4. The Morgan fingerprint density at radius 1 is 1.18 bits per heavy atom. The van der Waals surface area contributed by atoms with E-state index in [-0.39, 0.29) is 43.2 Å². The molecule has 12 heteroatoms. The number of nitrogens with one attached hydrogen (secondary N) is 2. The van der Waals surface area contributed by atoms with Gasteiger partial charge in [0.25, 0.3) is 0 Å². The summed E-state index contributed by atoms with van der Waals surface area (Å²) < 4.78 is 18.4. The zero-order chi connectivity index (χ0) is 28.4. The van der Waals surface area contributed by atoms with Crippen LogP contribution < -0.4 is 10.6 Å². The van der Waals surface area contributed by atoms with E-state index >= 15 is 0 Å². The first-order chi connectivity index (χ1) is 18.8. The van der Waals surface area contributed by atoms with Gasteiger partial charge in [-0.25, -0.2) is 19.2 Å². The standard InChI is InChI=1S/C27H39FN6O5/c1-4-5-9-23(35)29-14-6-8-22-26(37)32(15-7-16-39-3)18-24-33(22)25(36)19-31(2)34(24)27(38)30-17-20-10-12-21(28)13-11-20/h4,10-13,22,24H,1,5-9,14-19H2,2-3H3,(H,29,35)(H,30,38)/t22-,24-/m0/s1. The molecule has 2 N–H and O–H groups in total. The second-order valence-electron chi connectivity index (χ2n) is 9.69. The van der Waals surface area contributed by atoms with Gasteiger partial charge in [-0.05, 0) is 43.4 Å². The monoisotopic (exact) mass is 546 g/mol. The minimum Gasteiger partial charge on any atom is -0.385 e. The number of benzene rings is 1. The third kappa shape index (κ3) is 7.99. The SMILES string of the molecule is C=CCCC(=O)NCCC[C@H]1C(=O)N(CCCOC)C[C@H]2N1C(=O)CN(C)N2C(=O)NCc1ccc(F)cc1. The predicted molar refractivity (Wildman–Crippen MR) is 142 cm³/mol. The van der Waals surface area contributed by atoms with Crippen LogP contribution in [0.25, 0.3) is 0 Å². The van der Waals surface area contributed by atoms with Crippen LogP contribution in [0.2, 0.25) is 0 Å². The highest BCUT2D eigenvalue weighted by atomic mass is 19.1. The van der Waals surface area contributed by atoms with E-state index in [4.69, 9.17) is 4.74 Å². The quantitative estimate of drug-likeness (QED) is 0.286. The fourth-order valence-electron chi connectivity index (χ4n) is 4.89. The smallest absolute Gasteiger partial charge is 0.334 e. The lowest BCUT2D eigenvalue weighted by molar-refractivity contribution is -0.187. The molecule has 2 atom stereocenters. The summed E-state index contributed by atoms with van der Waals surface area (Å²) in [5.74, 6) is -0.874. The molecule has 0 bridgehead atoms. The van der Waals surface area contributed by atoms with Crippen molar-refractivity contribution in [1.29, 1.82) is 0 Å². The number of hydrazine groups is 1. The number of hydrogen-bond acceptors (Lipinski definition) is 6. The van der Waals surface area contributed by atoms with Gasteiger partial charge in [0.2, 0.25) is 17.7 Å². The van der Waals surface area contributed by atoms with Gasteiger partial charge in [-0.15, -0.1) is 6.58 Å². The summed E-state index contributed by atoms with van der Waals surface area (Å²) in [7, 11) is 3.25. The number of methoxy groups -OCH3 is 1. The second-order valence-corrected chi connectivity index (χ2v) is 9.69. The summed E-state index contributed by atoms with van der Waals surface area (Å²) >= 11 is 0. The van der Waals surface area contributed by atoms with Gasteiger partial charge in [0.15, 0.2) is 0 Å². The maximum atomic E-state index is 13.5. The normalized spacial score (nSPS) is 19.6. The van der Waals surface area contributed by atoms with Gasteiger partial charge in [0.1, 0.15) is 18.0 Å². The number of likely N-dealkylation sites (N-methyl/N-ethyl adjacent to an activating group) is 1. The third-order valence-electron chi connectivity index (χ3n) is 6.83. The molecule has 0 aromatic heterocycles. The lowest BCUT2D eigenvalue weighted by Crippen LogP contribution is -2.76. The van der Waals surface area contributed by atoms with Crippen LogP contribution in [0, 0.1) is 5.82 Å². The number of ether oxygens (including phenoxy) is 1. The Balaban J connectivity index is 1.75. The Labute approximate surface area is 228 Å². The van der Waals surface area contributed by atoms with E-state index in [0.717, 1.165) is 5.56 Å². The topological polar surface area (TPSA) is 115 Å². The van der Waals surface area contributed by atoms with E-state index in [9.17, 15) is 23.6 Å². The fraction of sp³-hybridized carbons (Fsp3) is 0.556. The van der Waals surface area contributed by atoms with Crippen molar-refractivity contribution in [2.24, 2.45) is 0 Å². The van der Waals surface area contributed by atoms with Crippen LogP contribution in [0.3, 0.4) is 0 Å². The molecule has 1 aromatic carbocycles. The van der Waals surface area contributed by atoms with Crippen LogP contribution in [0.5, 0.6) is 0 Å². The molecule has 2 heterocycles. The summed E-state index contributed by atoms with van der Waals surface area (Å²) in [6, 6.07) is 4.65. The average Bonchev–Trinajstić information content (AvgIpc) is 2.91. The number of nitrogens with zero attached hydrogens (tertiary/aromatic N) is 4. The molecule has 2 saturated heterocycles. The van der Waals surface area contributed by atoms with Gasteiger partial charge < -0.3 is 25.2 Å². The lowest BCUT2D eigenvalue weighted by atomic mass is 10.0. The molecule has 0 spiro atoms. The van der Waals surface area contributed by atoms with Crippen molar-refractivity contribution in [3.8, 4) is 0 Å². The number of carbonyl (C=O) groups is 4. The highest BCUT2D eigenvalue weighted by molar-refractivity contribution is 5.91. The minimum absolute atomic E-state index is 0.0633. The van der Waals surface area contributed by atoms with E-state index in [2.05, 4.69) is 17.2 Å². The molecule has 11 nitrogen and oxygen atoms in total. The van der Waals surface area contributed by atoms with Crippen LogP contribution in [-0.2, 0) is 25.7 Å². The average molecular weight is 547 g/mol. The highest BCUT2D eigenvalue weighted by Gasteiger charge is 2.50. The van der Waals surface area contributed by atoms with Crippen molar-refractivity contribution in [2.75, 3.05) is 46.9 Å². The van der Waals surface area contributed by atoms with Crippen molar-refractivity contribution in [2.45, 2.75) is 50.9 Å². The molecule has 0 aliphatic carbocycles. The molecule has 0 saturated carbocycles. The molecule has 0 radical (unpaired) electrons. The van der Waals surface area contributed by atoms with Crippen LogP contribution >= 0.6 is 0 Å². The summed E-state index contributed by atoms with van der Waals surface area (Å²) in [5, 5.41) is 8.72. The lowest BCUT2D eigenvalue weighted by Gasteiger charge is -2.54. The van der Waals surface area contributed by atoms with E-state index in [0.29, 0.717) is 51.8 Å². The summed E-state index contributed by atoms with van der Waals surface area (Å²) in [6.07, 6.45) is 3.36. The fourth-order valence-corrected chi connectivity index (χ4v) is 4.89. The summed E-state index contributed by atoms with van der Waals surface area (Å²) in [5.41, 5.74) is 0.727. The van der Waals surface area contributed by atoms with Crippen molar-refractivity contribution in [3.05, 3.63) is 48.3 Å². The summed E-state index contributed by atoms with van der Waals surface area (Å²) in [4.78, 5) is 55.3. The number of fused-ring (bicyclic) bond motifs is 1. The molecular weight excluding hydrogens is 507 g/mol. The van der Waals surface area contributed by atoms with Gasteiger partial charge in [-0.2, -0.15) is 0 Å². The van der Waals surface area contributed by atoms with Gasteiger partial charge in [-0.1, -0.05) is 18.2 Å². The van der Waals surface area contributed by atoms with E-state index < -0.39 is 18.2 Å². The van der Waals surface area contributed by atoms with Crippen LogP contribution in [-0.4, -0.2) is 103 Å². The number of halogens is 1. The predicted octanol–water partition coefficient (Wildman–Crippen LogP) is 1.46. The zero-order valence-corrected chi connectivity index (χ0v) is 22.7.